The summed E-state index contributed by atoms with van der Waals surface area (Å²) >= 11 is 1.30. The number of phenols is 1. The van der Waals surface area contributed by atoms with E-state index in [1.165, 1.54) is 11.3 Å². The van der Waals surface area contributed by atoms with Crippen molar-refractivity contribution in [3.8, 4) is 5.75 Å². The van der Waals surface area contributed by atoms with Gasteiger partial charge in [0.1, 0.15) is 5.75 Å². The third kappa shape index (κ3) is 2.22. The minimum Gasteiger partial charge on any atom is -0.508 e. The van der Waals surface area contributed by atoms with Crippen LogP contribution in [0.2, 0.25) is 0 Å². The number of thiazole rings is 1. The van der Waals surface area contributed by atoms with Crippen molar-refractivity contribution in [3.05, 3.63) is 58.6 Å². The second-order valence-electron chi connectivity index (χ2n) is 4.37. The van der Waals surface area contributed by atoms with Crippen LogP contribution in [0.3, 0.4) is 0 Å². The van der Waals surface area contributed by atoms with Gasteiger partial charge in [-0.3, -0.25) is 4.79 Å². The van der Waals surface area contributed by atoms with E-state index in [1.54, 1.807) is 24.3 Å². The lowest BCUT2D eigenvalue weighted by Crippen LogP contribution is -2.00. The molecule has 4 heteroatoms. The molecule has 0 bridgehead atoms. The molecule has 3 nitrogen and oxygen atoms in total. The average Bonchev–Trinajstić information content (AvgIpc) is 2.80. The molecule has 0 fully saturated rings. The molecule has 0 atom stereocenters. The minimum atomic E-state index is -0.0793. The number of fused-ring (bicyclic) bond motifs is 1. The predicted octanol–water partition coefficient (Wildman–Crippen LogP) is 3.54. The number of ketones is 1. The second kappa shape index (κ2) is 4.48. The van der Waals surface area contributed by atoms with E-state index >= 15 is 0 Å². The lowest BCUT2D eigenvalue weighted by atomic mass is 10.1. The fourth-order valence-corrected chi connectivity index (χ4v) is 2.88. The number of rotatable bonds is 2. The number of aromatic hydroxyl groups is 1. The Morgan fingerprint density at radius 3 is 2.84 bits per heavy atom. The van der Waals surface area contributed by atoms with Crippen LogP contribution >= 0.6 is 11.3 Å². The lowest BCUT2D eigenvalue weighted by molar-refractivity contribution is 0.103. The van der Waals surface area contributed by atoms with Crippen molar-refractivity contribution in [2.45, 2.75) is 6.92 Å². The molecule has 2 aromatic carbocycles. The number of phenolic OH excluding ortho intramolecular Hbond substituents is 1. The van der Waals surface area contributed by atoms with E-state index in [2.05, 4.69) is 4.98 Å². The van der Waals surface area contributed by atoms with Crippen LogP contribution in [0.1, 0.15) is 20.9 Å². The summed E-state index contributed by atoms with van der Waals surface area (Å²) in [5, 5.41) is 9.88. The van der Waals surface area contributed by atoms with Crippen molar-refractivity contribution in [2.75, 3.05) is 0 Å². The third-order valence-corrected chi connectivity index (χ3v) is 3.86. The van der Waals surface area contributed by atoms with Gasteiger partial charge >= 0.3 is 0 Å². The van der Waals surface area contributed by atoms with E-state index in [-0.39, 0.29) is 11.5 Å². The number of hydrogen-bond acceptors (Lipinski definition) is 4. The quantitative estimate of drug-likeness (QED) is 0.724. The Hall–Kier alpha value is -2.20. The molecule has 1 N–H and O–H groups in total. The van der Waals surface area contributed by atoms with Crippen LogP contribution < -0.4 is 0 Å². The maximum atomic E-state index is 12.3. The van der Waals surface area contributed by atoms with Crippen LogP contribution in [0.15, 0.2) is 42.5 Å². The highest BCUT2D eigenvalue weighted by molar-refractivity contribution is 7.20. The van der Waals surface area contributed by atoms with Gasteiger partial charge in [0.2, 0.25) is 5.78 Å². The zero-order valence-corrected chi connectivity index (χ0v) is 11.1. The van der Waals surface area contributed by atoms with Crippen molar-refractivity contribution < 1.29 is 9.90 Å². The van der Waals surface area contributed by atoms with Crippen LogP contribution in [-0.2, 0) is 0 Å². The van der Waals surface area contributed by atoms with Crippen LogP contribution in [0.5, 0.6) is 5.75 Å². The van der Waals surface area contributed by atoms with Gasteiger partial charge in [-0.25, -0.2) is 4.98 Å². The maximum Gasteiger partial charge on any atom is 0.221 e. The Labute approximate surface area is 114 Å². The number of aromatic nitrogens is 1. The van der Waals surface area contributed by atoms with E-state index < -0.39 is 0 Å². The van der Waals surface area contributed by atoms with Gasteiger partial charge in [-0.15, -0.1) is 11.3 Å². The van der Waals surface area contributed by atoms with Crippen LogP contribution in [-0.4, -0.2) is 15.9 Å². The number of nitrogens with zero attached hydrogens (tertiary/aromatic N) is 1. The van der Waals surface area contributed by atoms with E-state index in [0.717, 1.165) is 15.8 Å². The van der Waals surface area contributed by atoms with Crippen molar-refractivity contribution in [3.63, 3.8) is 0 Å². The maximum absolute atomic E-state index is 12.3. The topological polar surface area (TPSA) is 50.2 Å². The SMILES string of the molecule is Cc1cccc(C(=O)c2nc3ccc(O)cc3s2)c1. The molecule has 0 spiro atoms. The minimum absolute atomic E-state index is 0.0793. The normalized spacial score (nSPS) is 10.8. The van der Waals surface area contributed by atoms with Crippen LogP contribution in [0.25, 0.3) is 10.2 Å². The molecule has 0 radical (unpaired) electrons. The first kappa shape index (κ1) is 11.9. The van der Waals surface area contributed by atoms with Gasteiger partial charge in [0, 0.05) is 5.56 Å². The molecular formula is C15H11NO2S. The fourth-order valence-electron chi connectivity index (χ4n) is 1.92. The smallest absolute Gasteiger partial charge is 0.221 e. The summed E-state index contributed by atoms with van der Waals surface area (Å²) in [5.74, 6) is 0.107. The molecule has 0 amide bonds. The summed E-state index contributed by atoms with van der Waals surface area (Å²) in [5.41, 5.74) is 2.42. The molecule has 19 heavy (non-hydrogen) atoms. The number of hydrogen-bond donors (Lipinski definition) is 1. The van der Waals surface area contributed by atoms with Crippen LogP contribution in [0, 0.1) is 6.92 Å². The highest BCUT2D eigenvalue weighted by Crippen LogP contribution is 2.27. The Morgan fingerprint density at radius 1 is 1.21 bits per heavy atom. The highest BCUT2D eigenvalue weighted by Gasteiger charge is 2.14. The van der Waals surface area contributed by atoms with Crippen molar-refractivity contribution in [1.82, 2.24) is 4.98 Å². The summed E-state index contributed by atoms with van der Waals surface area (Å²) in [6, 6.07) is 12.4. The summed E-state index contributed by atoms with van der Waals surface area (Å²) in [6.45, 7) is 1.95. The van der Waals surface area contributed by atoms with Crippen molar-refractivity contribution >= 4 is 27.3 Å². The summed E-state index contributed by atoms with van der Waals surface area (Å²) < 4.78 is 0.816. The van der Waals surface area contributed by atoms with E-state index in [4.69, 9.17) is 0 Å². The standard InChI is InChI=1S/C15H11NO2S/c1-9-3-2-4-10(7-9)14(18)15-16-12-6-5-11(17)8-13(12)19-15/h2-8,17H,1H3. The Bertz CT molecular complexity index is 777. The largest absolute Gasteiger partial charge is 0.508 e. The van der Waals surface area contributed by atoms with E-state index in [9.17, 15) is 9.90 Å². The number of carbonyl (C=O) groups is 1. The molecule has 0 saturated carbocycles. The molecule has 0 saturated heterocycles. The summed E-state index contributed by atoms with van der Waals surface area (Å²) in [6.07, 6.45) is 0. The zero-order chi connectivity index (χ0) is 13.4. The van der Waals surface area contributed by atoms with Crippen molar-refractivity contribution in [2.24, 2.45) is 0 Å². The Morgan fingerprint density at radius 2 is 2.05 bits per heavy atom. The highest BCUT2D eigenvalue weighted by atomic mass is 32.1. The number of carbonyl (C=O) groups excluding carboxylic acids is 1. The molecule has 1 heterocycles. The van der Waals surface area contributed by atoms with Gasteiger partial charge < -0.3 is 5.11 Å². The van der Waals surface area contributed by atoms with Crippen LogP contribution in [0.4, 0.5) is 0 Å². The van der Waals surface area contributed by atoms with E-state index in [1.807, 2.05) is 25.1 Å². The van der Waals surface area contributed by atoms with Gasteiger partial charge in [0.25, 0.3) is 0 Å². The molecule has 0 unspecified atom stereocenters. The Balaban J connectivity index is 2.06. The number of aryl methyl sites for hydroxylation is 1. The average molecular weight is 269 g/mol. The monoisotopic (exact) mass is 269 g/mol. The first-order valence-electron chi connectivity index (χ1n) is 5.84. The molecule has 3 rings (SSSR count). The molecule has 3 aromatic rings. The molecule has 0 aliphatic heterocycles. The van der Waals surface area contributed by atoms with Gasteiger partial charge in [0.15, 0.2) is 5.01 Å². The van der Waals surface area contributed by atoms with E-state index in [0.29, 0.717) is 10.6 Å². The summed E-state index contributed by atoms with van der Waals surface area (Å²) in [7, 11) is 0. The van der Waals surface area contributed by atoms with Gasteiger partial charge in [-0.05, 0) is 31.2 Å². The van der Waals surface area contributed by atoms with Gasteiger partial charge in [-0.1, -0.05) is 23.8 Å². The molecule has 94 valence electrons. The summed E-state index contributed by atoms with van der Waals surface area (Å²) in [4.78, 5) is 16.7. The molecule has 0 aliphatic rings. The Kier molecular flexibility index (Phi) is 2.80. The van der Waals surface area contributed by atoms with Gasteiger partial charge in [0.05, 0.1) is 10.2 Å². The number of benzene rings is 2. The lowest BCUT2D eigenvalue weighted by Gasteiger charge is -1.98. The zero-order valence-electron chi connectivity index (χ0n) is 10.3. The van der Waals surface area contributed by atoms with Gasteiger partial charge in [-0.2, -0.15) is 0 Å². The third-order valence-electron chi connectivity index (χ3n) is 2.85. The fraction of sp³-hybridized carbons (Fsp3) is 0.0667. The second-order valence-corrected chi connectivity index (χ2v) is 5.40. The van der Waals surface area contributed by atoms with Crippen molar-refractivity contribution in [1.29, 1.82) is 0 Å². The molecule has 1 aromatic heterocycles. The molecule has 0 aliphatic carbocycles. The molecular weight excluding hydrogens is 258 g/mol. The first-order chi connectivity index (χ1) is 9.13. The first-order valence-corrected chi connectivity index (χ1v) is 6.66. The predicted molar refractivity (Wildman–Crippen MR) is 75.9 cm³/mol.